The van der Waals surface area contributed by atoms with Gasteiger partial charge in [0.1, 0.15) is 0 Å². The van der Waals surface area contributed by atoms with E-state index in [1.54, 1.807) is 14.2 Å². The molecule has 0 unspecified atom stereocenters. The number of rotatable bonds is 8. The smallest absolute Gasteiger partial charge is 0.336 e. The summed E-state index contributed by atoms with van der Waals surface area (Å²) < 4.78 is 17.6. The fourth-order valence-corrected chi connectivity index (χ4v) is 6.21. The Morgan fingerprint density at radius 3 is 2.27 bits per heavy atom. The van der Waals surface area contributed by atoms with Crippen LogP contribution in [0, 0.1) is 0 Å². The molecule has 1 heterocycles. The van der Waals surface area contributed by atoms with Gasteiger partial charge in [0.15, 0.2) is 17.3 Å². The van der Waals surface area contributed by atoms with E-state index in [0.717, 1.165) is 22.4 Å². The Morgan fingerprint density at radius 1 is 0.950 bits per heavy atom. The van der Waals surface area contributed by atoms with E-state index in [0.29, 0.717) is 52.1 Å². The first-order chi connectivity index (χ1) is 19.4. The lowest BCUT2D eigenvalue weighted by Crippen LogP contribution is -2.36. The number of ketones is 1. The number of allylic oxidation sites excluding steroid dienone is 3. The third-order valence-corrected chi connectivity index (χ3v) is 8.29. The van der Waals surface area contributed by atoms with Crippen LogP contribution in [0.5, 0.6) is 11.5 Å². The van der Waals surface area contributed by atoms with E-state index in [-0.39, 0.29) is 18.3 Å². The maximum atomic E-state index is 13.9. The molecule has 0 saturated heterocycles. The van der Waals surface area contributed by atoms with Gasteiger partial charge in [-0.25, -0.2) is 4.79 Å². The molecule has 40 heavy (non-hydrogen) atoms. The zero-order valence-corrected chi connectivity index (χ0v) is 24.4. The average Bonchev–Trinajstić information content (AvgIpc) is 2.97. The molecule has 7 heteroatoms. The Hall–Kier alpha value is -3.84. The van der Waals surface area contributed by atoms with Crippen LogP contribution < -0.4 is 14.8 Å². The predicted octanol–water partition coefficient (Wildman–Crippen LogP) is 6.61. The van der Waals surface area contributed by atoms with Crippen molar-refractivity contribution in [2.75, 3.05) is 20.8 Å². The highest BCUT2D eigenvalue weighted by Crippen LogP contribution is 2.49. The van der Waals surface area contributed by atoms with Crippen molar-refractivity contribution in [2.24, 2.45) is 0 Å². The van der Waals surface area contributed by atoms with Gasteiger partial charge in [-0.15, -0.1) is 0 Å². The van der Waals surface area contributed by atoms with Crippen LogP contribution in [0.1, 0.15) is 48.3 Å². The number of Topliss-reactive ketones (excluding diaryl/α,β-unsaturated/α-hetero) is 1. The molecular formula is C33H32BrNO5. The number of carbonyl (C=O) groups excluding carboxylic acids is 2. The van der Waals surface area contributed by atoms with Crippen LogP contribution in [-0.4, -0.2) is 32.6 Å². The van der Waals surface area contributed by atoms with Gasteiger partial charge in [0.05, 0.1) is 26.4 Å². The van der Waals surface area contributed by atoms with Crippen molar-refractivity contribution in [3.05, 3.63) is 116 Å². The zero-order chi connectivity index (χ0) is 28.2. The highest BCUT2D eigenvalue weighted by molar-refractivity contribution is 9.10. The summed E-state index contributed by atoms with van der Waals surface area (Å²) in [6.45, 7) is 2.10. The summed E-state index contributed by atoms with van der Waals surface area (Å²) in [6.07, 6.45) is 1.63. The van der Waals surface area contributed by atoms with Gasteiger partial charge in [0.25, 0.3) is 0 Å². The number of methoxy groups -OCH3 is 2. The minimum atomic E-state index is -0.626. The summed E-state index contributed by atoms with van der Waals surface area (Å²) in [7, 11) is 3.14. The lowest BCUT2D eigenvalue weighted by atomic mass is 9.71. The third-order valence-electron chi connectivity index (χ3n) is 7.60. The van der Waals surface area contributed by atoms with E-state index in [1.807, 2.05) is 67.6 Å². The predicted molar refractivity (Wildman–Crippen MR) is 157 cm³/mol. The van der Waals surface area contributed by atoms with Crippen molar-refractivity contribution >= 4 is 27.7 Å². The van der Waals surface area contributed by atoms with E-state index in [2.05, 4.69) is 33.4 Å². The normalized spacial score (nSPS) is 18.6. The number of hydrogen-bond donors (Lipinski definition) is 1. The fraction of sp³-hybridized carbons (Fsp3) is 0.273. The number of esters is 1. The first-order valence-electron chi connectivity index (χ1n) is 13.3. The number of dihydropyridines is 1. The molecule has 2 atom stereocenters. The summed E-state index contributed by atoms with van der Waals surface area (Å²) in [5.41, 5.74) is 5.49. The van der Waals surface area contributed by atoms with Crippen molar-refractivity contribution in [3.8, 4) is 11.5 Å². The first kappa shape index (κ1) is 27.7. The van der Waals surface area contributed by atoms with Gasteiger partial charge < -0.3 is 19.5 Å². The summed E-state index contributed by atoms with van der Waals surface area (Å²) in [6, 6.07) is 23.6. The minimum absolute atomic E-state index is 0.0105. The molecule has 2 aliphatic rings. The SMILES string of the molecule is COc1cc(Br)c([C@H]2C(C(=O)OCCc3ccccc3)=C(C)NC3=C2C(=O)C[C@@H](c2ccccc2)C3)cc1OC. The molecular weight excluding hydrogens is 570 g/mol. The molecule has 0 fully saturated rings. The number of hydrogen-bond acceptors (Lipinski definition) is 6. The average molecular weight is 603 g/mol. The lowest BCUT2D eigenvalue weighted by molar-refractivity contribution is -0.139. The second kappa shape index (κ2) is 12.1. The molecule has 1 N–H and O–H groups in total. The molecule has 206 valence electrons. The maximum Gasteiger partial charge on any atom is 0.336 e. The molecule has 5 rings (SSSR count). The Labute approximate surface area is 243 Å². The van der Waals surface area contributed by atoms with Crippen molar-refractivity contribution in [1.82, 2.24) is 5.32 Å². The molecule has 3 aromatic carbocycles. The highest BCUT2D eigenvalue weighted by Gasteiger charge is 2.42. The topological polar surface area (TPSA) is 73.9 Å². The summed E-state index contributed by atoms with van der Waals surface area (Å²) in [5.74, 6) is 0.0586. The van der Waals surface area contributed by atoms with Crippen molar-refractivity contribution < 1.29 is 23.8 Å². The summed E-state index contributed by atoms with van der Waals surface area (Å²) in [5, 5.41) is 3.42. The molecule has 0 amide bonds. The van der Waals surface area contributed by atoms with Gasteiger partial charge in [-0.1, -0.05) is 76.6 Å². The molecule has 0 saturated carbocycles. The van der Waals surface area contributed by atoms with Crippen molar-refractivity contribution in [3.63, 3.8) is 0 Å². The number of ether oxygens (including phenoxy) is 3. The van der Waals surface area contributed by atoms with Crippen molar-refractivity contribution in [2.45, 2.75) is 38.0 Å². The largest absolute Gasteiger partial charge is 0.493 e. The Kier molecular flexibility index (Phi) is 8.40. The molecule has 0 bridgehead atoms. The van der Waals surface area contributed by atoms with Crippen LogP contribution in [0.25, 0.3) is 0 Å². The highest BCUT2D eigenvalue weighted by atomic mass is 79.9. The Balaban J connectivity index is 1.54. The Bertz CT molecular complexity index is 1480. The van der Waals surface area contributed by atoms with E-state index in [1.165, 1.54) is 0 Å². The number of carbonyl (C=O) groups is 2. The summed E-state index contributed by atoms with van der Waals surface area (Å²) in [4.78, 5) is 27.6. The van der Waals surface area contributed by atoms with Crippen LogP contribution in [0.2, 0.25) is 0 Å². The third kappa shape index (κ3) is 5.56. The molecule has 0 aromatic heterocycles. The fourth-order valence-electron chi connectivity index (χ4n) is 5.66. The minimum Gasteiger partial charge on any atom is -0.493 e. The molecule has 3 aromatic rings. The summed E-state index contributed by atoms with van der Waals surface area (Å²) >= 11 is 3.69. The second-order valence-electron chi connectivity index (χ2n) is 10.0. The van der Waals surface area contributed by atoms with Crippen LogP contribution in [0.3, 0.4) is 0 Å². The van der Waals surface area contributed by atoms with E-state index >= 15 is 0 Å². The van der Waals surface area contributed by atoms with Gasteiger partial charge in [-0.3, -0.25) is 4.79 Å². The number of benzene rings is 3. The van der Waals surface area contributed by atoms with Crippen molar-refractivity contribution in [1.29, 1.82) is 0 Å². The molecule has 6 nitrogen and oxygen atoms in total. The van der Waals surface area contributed by atoms with E-state index < -0.39 is 11.9 Å². The second-order valence-corrected chi connectivity index (χ2v) is 10.9. The van der Waals surface area contributed by atoms with Crippen LogP contribution in [0.4, 0.5) is 0 Å². The van der Waals surface area contributed by atoms with Gasteiger partial charge >= 0.3 is 5.97 Å². The van der Waals surface area contributed by atoms with Gasteiger partial charge in [-0.2, -0.15) is 0 Å². The van der Waals surface area contributed by atoms with Crippen LogP contribution in [-0.2, 0) is 20.7 Å². The van der Waals surface area contributed by atoms with E-state index in [9.17, 15) is 9.59 Å². The zero-order valence-electron chi connectivity index (χ0n) is 22.8. The molecule has 0 spiro atoms. The number of nitrogens with one attached hydrogen (secondary N) is 1. The van der Waals surface area contributed by atoms with Gasteiger partial charge in [-0.05, 0) is 48.1 Å². The molecule has 1 aliphatic carbocycles. The monoisotopic (exact) mass is 601 g/mol. The quantitative estimate of drug-likeness (QED) is 0.293. The number of halogens is 1. The van der Waals surface area contributed by atoms with Gasteiger partial charge in [0.2, 0.25) is 0 Å². The standard InChI is InChI=1S/C33H32BrNO5/c1-20-30(33(37)40-15-14-21-10-6-4-7-11-21)31(24-18-28(38-2)29(39-3)19-25(24)34)32-26(35-20)16-23(17-27(32)36)22-12-8-5-9-13-22/h4-13,18-19,23,31,35H,14-17H2,1-3H3/t23-,31-/m0/s1. The van der Waals surface area contributed by atoms with Crippen LogP contribution >= 0.6 is 15.9 Å². The maximum absolute atomic E-state index is 13.9. The van der Waals surface area contributed by atoms with Crippen LogP contribution in [0.15, 0.2) is 99.8 Å². The first-order valence-corrected chi connectivity index (χ1v) is 14.1. The lowest BCUT2D eigenvalue weighted by Gasteiger charge is -2.37. The van der Waals surface area contributed by atoms with E-state index in [4.69, 9.17) is 14.2 Å². The Morgan fingerprint density at radius 2 is 1.60 bits per heavy atom. The molecule has 0 radical (unpaired) electrons. The molecule has 1 aliphatic heterocycles. The van der Waals surface area contributed by atoms with Gasteiger partial charge in [0, 0.05) is 40.2 Å².